The van der Waals surface area contributed by atoms with Crippen LogP contribution < -0.4 is 10.1 Å². The molecule has 3 aliphatic rings. The zero-order chi connectivity index (χ0) is 33.7. The second-order valence-electron chi connectivity index (χ2n) is 11.8. The van der Waals surface area contributed by atoms with Crippen LogP contribution in [0.3, 0.4) is 0 Å². The fourth-order valence-corrected chi connectivity index (χ4v) is 6.46. The predicted octanol–water partition coefficient (Wildman–Crippen LogP) is 2.13. The molecule has 0 spiro atoms. The number of carbonyl (C=O) groups is 4. The minimum absolute atomic E-state index is 0.0174. The molecule has 13 nitrogen and oxygen atoms in total. The highest BCUT2D eigenvalue weighted by Crippen LogP contribution is 2.52. The number of carbonyl (C=O) groups excluding carboxylic acids is 4. The first-order chi connectivity index (χ1) is 21.7. The summed E-state index contributed by atoms with van der Waals surface area (Å²) in [5.41, 5.74) is -2.86. The zero-order valence-corrected chi connectivity index (χ0v) is 26.1. The van der Waals surface area contributed by atoms with Gasteiger partial charge in [-0.3, -0.25) is 14.4 Å². The molecule has 246 valence electrons. The number of ether oxygens (including phenoxy) is 4. The van der Waals surface area contributed by atoms with E-state index in [0.29, 0.717) is 5.70 Å². The fraction of sp³-hybridized carbons (Fsp3) is 0.455. The Morgan fingerprint density at radius 1 is 1.11 bits per heavy atom. The summed E-state index contributed by atoms with van der Waals surface area (Å²) in [6.07, 6.45) is -3.78. The van der Waals surface area contributed by atoms with E-state index in [9.17, 15) is 39.6 Å². The van der Waals surface area contributed by atoms with Gasteiger partial charge in [-0.15, -0.1) is 0 Å². The quantitative estimate of drug-likeness (QED) is 0.137. The molecule has 46 heavy (non-hydrogen) atoms. The number of fused-ring (bicyclic) bond motifs is 3. The number of aliphatic hydroxyl groups excluding tert-OH is 1. The number of aliphatic hydroxyl groups is 2. The van der Waals surface area contributed by atoms with Crippen molar-refractivity contribution >= 4 is 23.3 Å². The van der Waals surface area contributed by atoms with E-state index >= 15 is 0 Å². The zero-order valence-electron chi connectivity index (χ0n) is 26.1. The van der Waals surface area contributed by atoms with Gasteiger partial charge in [-0.25, -0.2) is 4.79 Å². The highest BCUT2D eigenvalue weighted by Gasteiger charge is 2.49. The van der Waals surface area contributed by atoms with E-state index in [0.717, 1.165) is 0 Å². The second-order valence-corrected chi connectivity index (χ2v) is 11.8. The van der Waals surface area contributed by atoms with Crippen LogP contribution in [-0.2, 0) is 30.2 Å². The first-order valence-electron chi connectivity index (χ1n) is 14.9. The van der Waals surface area contributed by atoms with Crippen molar-refractivity contribution < 1.29 is 58.6 Å². The van der Waals surface area contributed by atoms with Crippen molar-refractivity contribution in [2.24, 2.45) is 0 Å². The summed E-state index contributed by atoms with van der Waals surface area (Å²) in [6, 6.07) is 3.73. The van der Waals surface area contributed by atoms with Crippen LogP contribution >= 0.6 is 0 Å². The maximum atomic E-state index is 13.8. The number of Topliss-reactive ketones (excluding diaryl/α,β-unsaturated/α-hetero) is 1. The summed E-state index contributed by atoms with van der Waals surface area (Å²) in [5, 5.41) is 48.5. The SMILES string of the molecule is CCOC(=O)/C=C(\C)NC1CC(OC2CC(O)(C(C)=O)Cc3c(O)c4c(c(O)c32)C(=O)c2c(OC)cccc2C4=O)OC(C)C1O. The maximum Gasteiger partial charge on any atom is 0.332 e. The molecule has 6 atom stereocenters. The Bertz CT molecular complexity index is 1650. The van der Waals surface area contributed by atoms with Gasteiger partial charge in [0.05, 0.1) is 48.7 Å². The summed E-state index contributed by atoms with van der Waals surface area (Å²) in [6.45, 7) is 6.26. The number of hydrogen-bond donors (Lipinski definition) is 5. The Kier molecular flexibility index (Phi) is 8.97. The van der Waals surface area contributed by atoms with Crippen LogP contribution in [0.25, 0.3) is 0 Å². The van der Waals surface area contributed by atoms with Crippen LogP contribution in [0.5, 0.6) is 17.2 Å². The number of hydrogen-bond acceptors (Lipinski definition) is 13. The van der Waals surface area contributed by atoms with E-state index in [-0.39, 0.29) is 47.5 Å². The fourth-order valence-electron chi connectivity index (χ4n) is 6.46. The lowest BCUT2D eigenvalue weighted by atomic mass is 9.72. The highest BCUT2D eigenvalue weighted by molar-refractivity contribution is 6.31. The minimum atomic E-state index is -2.06. The van der Waals surface area contributed by atoms with Crippen LogP contribution in [-0.4, -0.2) is 87.6 Å². The number of phenolic OH excluding ortho intramolecular Hbond substituents is 2. The van der Waals surface area contributed by atoms with Gasteiger partial charge in [0.15, 0.2) is 17.9 Å². The second kappa shape index (κ2) is 12.5. The lowest BCUT2D eigenvalue weighted by Crippen LogP contribution is -2.54. The lowest BCUT2D eigenvalue weighted by Gasteiger charge is -2.43. The molecule has 1 fully saturated rings. The topological polar surface area (TPSA) is 198 Å². The molecule has 6 unspecified atom stereocenters. The summed E-state index contributed by atoms with van der Waals surface area (Å²) in [5.74, 6) is -3.91. The molecule has 0 aromatic heterocycles. The molecule has 5 N–H and O–H groups in total. The van der Waals surface area contributed by atoms with Gasteiger partial charge in [-0.1, -0.05) is 12.1 Å². The summed E-state index contributed by atoms with van der Waals surface area (Å²) in [4.78, 5) is 52.1. The summed E-state index contributed by atoms with van der Waals surface area (Å²) >= 11 is 0. The number of ketones is 3. The third kappa shape index (κ3) is 5.64. The molecule has 0 radical (unpaired) electrons. The lowest BCUT2D eigenvalue weighted by molar-refractivity contribution is -0.249. The monoisotopic (exact) mass is 639 g/mol. The van der Waals surface area contributed by atoms with Crippen LogP contribution in [0.15, 0.2) is 30.0 Å². The Hall–Kier alpha value is -4.30. The number of benzene rings is 2. The van der Waals surface area contributed by atoms with E-state index in [1.807, 2.05) is 0 Å². The molecule has 0 amide bonds. The Balaban J connectivity index is 1.56. The Morgan fingerprint density at radius 2 is 1.80 bits per heavy atom. The van der Waals surface area contributed by atoms with Crippen molar-refractivity contribution in [1.29, 1.82) is 0 Å². The minimum Gasteiger partial charge on any atom is -0.507 e. The molecule has 5 rings (SSSR count). The van der Waals surface area contributed by atoms with Gasteiger partial charge in [0.25, 0.3) is 0 Å². The molecular weight excluding hydrogens is 602 g/mol. The van der Waals surface area contributed by atoms with Crippen molar-refractivity contribution in [3.8, 4) is 17.2 Å². The molecule has 2 aromatic rings. The van der Waals surface area contributed by atoms with Crippen LogP contribution in [0, 0.1) is 0 Å². The molecule has 2 aromatic carbocycles. The first-order valence-corrected chi connectivity index (χ1v) is 14.9. The van der Waals surface area contributed by atoms with Crippen molar-refractivity contribution in [2.75, 3.05) is 13.7 Å². The smallest absolute Gasteiger partial charge is 0.332 e. The molecule has 1 saturated heterocycles. The molecule has 13 heteroatoms. The van der Waals surface area contributed by atoms with E-state index < -0.39 is 88.6 Å². The van der Waals surface area contributed by atoms with Crippen LogP contribution in [0.4, 0.5) is 0 Å². The summed E-state index contributed by atoms with van der Waals surface area (Å²) in [7, 11) is 1.33. The van der Waals surface area contributed by atoms with E-state index in [2.05, 4.69) is 5.32 Å². The van der Waals surface area contributed by atoms with Gasteiger partial charge in [0, 0.05) is 47.7 Å². The van der Waals surface area contributed by atoms with E-state index in [1.54, 1.807) is 20.8 Å². The van der Waals surface area contributed by atoms with Crippen LogP contribution in [0.2, 0.25) is 0 Å². The van der Waals surface area contributed by atoms with E-state index in [1.165, 1.54) is 38.3 Å². The van der Waals surface area contributed by atoms with Gasteiger partial charge in [0.1, 0.15) is 29.0 Å². The number of methoxy groups -OCH3 is 1. The molecule has 0 bridgehead atoms. The number of aromatic hydroxyl groups is 2. The Labute approximate surface area is 264 Å². The third-order valence-corrected chi connectivity index (χ3v) is 8.79. The molecule has 1 aliphatic heterocycles. The molecular formula is C33H37NO12. The third-order valence-electron chi connectivity index (χ3n) is 8.79. The number of phenols is 2. The standard InChI is InChI=1S/C33H37NO12/c1-6-44-22(36)10-14(2)34-19-11-23(45-15(3)28(19)37)46-21-13-33(42,16(4)35)12-18-25(21)32(41)27-26(30(18)39)29(38)17-8-7-9-20(43-5)24(17)31(27)40/h7-10,15,19,21,23,28,34,37,39,41-42H,6,11-13H2,1-5H3/b14-10+. The van der Waals surface area contributed by atoms with Crippen molar-refractivity contribution in [3.05, 3.63) is 63.4 Å². The van der Waals surface area contributed by atoms with Gasteiger partial charge in [-0.2, -0.15) is 0 Å². The van der Waals surface area contributed by atoms with Gasteiger partial charge in [0.2, 0.25) is 5.78 Å². The van der Waals surface area contributed by atoms with Gasteiger partial charge >= 0.3 is 5.97 Å². The van der Waals surface area contributed by atoms with Crippen molar-refractivity contribution in [2.45, 2.75) is 83.2 Å². The largest absolute Gasteiger partial charge is 0.507 e. The molecule has 0 saturated carbocycles. The van der Waals surface area contributed by atoms with E-state index in [4.69, 9.17) is 18.9 Å². The maximum absolute atomic E-state index is 13.8. The number of allylic oxidation sites excluding steroid dienone is 1. The highest BCUT2D eigenvalue weighted by atomic mass is 16.7. The van der Waals surface area contributed by atoms with Crippen LogP contribution in [0.1, 0.15) is 89.6 Å². The first kappa shape index (κ1) is 33.1. The normalized spacial score (nSPS) is 27.3. The Morgan fingerprint density at radius 3 is 2.46 bits per heavy atom. The average molecular weight is 640 g/mol. The van der Waals surface area contributed by atoms with Gasteiger partial charge < -0.3 is 44.7 Å². The predicted molar refractivity (Wildman–Crippen MR) is 160 cm³/mol. The van der Waals surface area contributed by atoms with Crippen molar-refractivity contribution in [3.63, 3.8) is 0 Å². The van der Waals surface area contributed by atoms with Crippen molar-refractivity contribution in [1.82, 2.24) is 5.32 Å². The molecule has 2 aliphatic carbocycles. The number of esters is 1. The van der Waals surface area contributed by atoms with Gasteiger partial charge in [-0.05, 0) is 33.8 Å². The number of nitrogens with one attached hydrogen (secondary N) is 1. The number of rotatable bonds is 8. The molecule has 1 heterocycles. The summed E-state index contributed by atoms with van der Waals surface area (Å²) < 4.78 is 22.4. The average Bonchev–Trinajstić information content (AvgIpc) is 2.99.